The first-order valence-corrected chi connectivity index (χ1v) is 7.52. The number of nitrogens with zero attached hydrogens (tertiary/aromatic N) is 1. The van der Waals surface area contributed by atoms with Gasteiger partial charge in [0.25, 0.3) is 17.5 Å². The Morgan fingerprint density at radius 3 is 2.36 bits per heavy atom. The normalized spacial score (nSPS) is 11.3. The van der Waals surface area contributed by atoms with E-state index in [2.05, 4.69) is 10.9 Å². The van der Waals surface area contributed by atoms with E-state index in [1.807, 2.05) is 0 Å². The number of amides is 2. The predicted octanol–water partition coefficient (Wildman–Crippen LogP) is 2.48. The second-order valence-corrected chi connectivity index (χ2v) is 5.35. The van der Waals surface area contributed by atoms with Gasteiger partial charge in [-0.1, -0.05) is 23.7 Å². The van der Waals surface area contributed by atoms with Crippen molar-refractivity contribution in [1.29, 1.82) is 0 Å². The second-order valence-electron chi connectivity index (χ2n) is 4.94. The summed E-state index contributed by atoms with van der Waals surface area (Å²) in [4.78, 5) is 33.9. The number of nitro benzene ring substituents is 1. The van der Waals surface area contributed by atoms with Gasteiger partial charge in [-0.3, -0.25) is 30.6 Å². The lowest BCUT2D eigenvalue weighted by Crippen LogP contribution is -2.47. The summed E-state index contributed by atoms with van der Waals surface area (Å²) in [5.41, 5.74) is 4.45. The molecule has 0 aliphatic rings. The first kappa shape index (κ1) is 18.2. The van der Waals surface area contributed by atoms with Crippen LogP contribution < -0.4 is 15.6 Å². The van der Waals surface area contributed by atoms with E-state index in [9.17, 15) is 19.7 Å². The summed E-state index contributed by atoms with van der Waals surface area (Å²) in [5, 5.41) is 10.9. The van der Waals surface area contributed by atoms with Crippen LogP contribution in [0.2, 0.25) is 5.02 Å². The number of benzene rings is 2. The Labute approximate surface area is 147 Å². The van der Waals surface area contributed by atoms with E-state index < -0.39 is 22.8 Å². The van der Waals surface area contributed by atoms with E-state index in [-0.39, 0.29) is 11.3 Å². The zero-order chi connectivity index (χ0) is 18.4. The van der Waals surface area contributed by atoms with Gasteiger partial charge < -0.3 is 4.74 Å². The zero-order valence-electron chi connectivity index (χ0n) is 13.1. The molecule has 0 saturated carbocycles. The zero-order valence-corrected chi connectivity index (χ0v) is 13.8. The van der Waals surface area contributed by atoms with Crippen molar-refractivity contribution in [3.63, 3.8) is 0 Å². The molecular formula is C16H14ClN3O5. The largest absolute Gasteiger partial charge is 0.479 e. The number of halogens is 1. The van der Waals surface area contributed by atoms with Crippen molar-refractivity contribution in [1.82, 2.24) is 10.9 Å². The van der Waals surface area contributed by atoms with E-state index in [4.69, 9.17) is 16.3 Å². The number of carbonyl (C=O) groups is 2. The highest BCUT2D eigenvalue weighted by atomic mass is 35.5. The molecule has 25 heavy (non-hydrogen) atoms. The van der Waals surface area contributed by atoms with Gasteiger partial charge in [-0.2, -0.15) is 0 Å². The number of rotatable bonds is 5. The summed E-state index contributed by atoms with van der Waals surface area (Å²) in [6, 6.07) is 11.6. The van der Waals surface area contributed by atoms with Gasteiger partial charge >= 0.3 is 0 Å². The SMILES string of the molecule is CC(Oc1ccccc1Cl)C(=O)NNC(=O)c1ccc([N+](=O)[O-])cc1. The summed E-state index contributed by atoms with van der Waals surface area (Å²) < 4.78 is 5.42. The minimum absolute atomic E-state index is 0.137. The van der Waals surface area contributed by atoms with E-state index in [1.54, 1.807) is 24.3 Å². The van der Waals surface area contributed by atoms with Gasteiger partial charge in [-0.15, -0.1) is 0 Å². The first-order valence-electron chi connectivity index (χ1n) is 7.14. The van der Waals surface area contributed by atoms with Gasteiger partial charge in [0.1, 0.15) is 5.75 Å². The smallest absolute Gasteiger partial charge is 0.279 e. The molecule has 130 valence electrons. The van der Waals surface area contributed by atoms with Crippen LogP contribution in [0.25, 0.3) is 0 Å². The average molecular weight is 364 g/mol. The number of ether oxygens (including phenoxy) is 1. The molecule has 2 aromatic rings. The van der Waals surface area contributed by atoms with Crippen molar-refractivity contribution >= 4 is 29.1 Å². The second kappa shape index (κ2) is 8.11. The molecule has 0 fully saturated rings. The third kappa shape index (κ3) is 4.92. The molecule has 2 rings (SSSR count). The number of hydrogen-bond acceptors (Lipinski definition) is 5. The molecule has 9 heteroatoms. The average Bonchev–Trinajstić information content (AvgIpc) is 2.61. The molecule has 0 aromatic heterocycles. The number of hydrazine groups is 1. The van der Waals surface area contributed by atoms with Crippen molar-refractivity contribution in [3.8, 4) is 5.75 Å². The monoisotopic (exact) mass is 363 g/mol. The molecule has 0 aliphatic carbocycles. The van der Waals surface area contributed by atoms with Crippen LogP contribution in [-0.4, -0.2) is 22.8 Å². The number of hydrogen-bond donors (Lipinski definition) is 2. The third-order valence-corrected chi connectivity index (χ3v) is 3.46. The summed E-state index contributed by atoms with van der Waals surface area (Å²) in [7, 11) is 0. The predicted molar refractivity (Wildman–Crippen MR) is 90.2 cm³/mol. The van der Waals surface area contributed by atoms with Gasteiger partial charge in [0.15, 0.2) is 6.10 Å². The molecule has 0 aliphatic heterocycles. The van der Waals surface area contributed by atoms with Crippen LogP contribution in [0.15, 0.2) is 48.5 Å². The van der Waals surface area contributed by atoms with Gasteiger partial charge in [0, 0.05) is 17.7 Å². The fraction of sp³-hybridized carbons (Fsp3) is 0.125. The van der Waals surface area contributed by atoms with Crippen LogP contribution in [0.1, 0.15) is 17.3 Å². The molecule has 1 unspecified atom stereocenters. The van der Waals surface area contributed by atoms with E-state index in [0.29, 0.717) is 10.8 Å². The van der Waals surface area contributed by atoms with Crippen LogP contribution >= 0.6 is 11.6 Å². The maximum Gasteiger partial charge on any atom is 0.279 e. The Balaban J connectivity index is 1.89. The Hall–Kier alpha value is -3.13. The molecule has 2 N–H and O–H groups in total. The van der Waals surface area contributed by atoms with E-state index in [1.165, 1.54) is 31.2 Å². The Bertz CT molecular complexity index is 795. The van der Waals surface area contributed by atoms with Crippen LogP contribution in [0.4, 0.5) is 5.69 Å². The third-order valence-electron chi connectivity index (χ3n) is 3.15. The number of non-ortho nitro benzene ring substituents is 1. The van der Waals surface area contributed by atoms with Crippen LogP contribution in [0.5, 0.6) is 5.75 Å². The van der Waals surface area contributed by atoms with Crippen LogP contribution in [0.3, 0.4) is 0 Å². The van der Waals surface area contributed by atoms with Crippen molar-refractivity contribution < 1.29 is 19.2 Å². The van der Waals surface area contributed by atoms with E-state index >= 15 is 0 Å². The van der Waals surface area contributed by atoms with Gasteiger partial charge in [-0.05, 0) is 31.2 Å². The first-order chi connectivity index (χ1) is 11.9. The highest BCUT2D eigenvalue weighted by molar-refractivity contribution is 6.32. The fourth-order valence-corrected chi connectivity index (χ4v) is 1.99. The van der Waals surface area contributed by atoms with Gasteiger partial charge in [-0.25, -0.2) is 0 Å². The molecule has 1 atom stereocenters. The molecule has 2 amide bonds. The highest BCUT2D eigenvalue weighted by Gasteiger charge is 2.17. The Kier molecular flexibility index (Phi) is 5.91. The highest BCUT2D eigenvalue weighted by Crippen LogP contribution is 2.24. The van der Waals surface area contributed by atoms with Gasteiger partial charge in [0.05, 0.1) is 9.95 Å². The maximum absolute atomic E-state index is 12.0. The molecular weight excluding hydrogens is 350 g/mol. The summed E-state index contributed by atoms with van der Waals surface area (Å²) >= 11 is 5.94. The molecule has 0 bridgehead atoms. The van der Waals surface area contributed by atoms with Crippen LogP contribution in [-0.2, 0) is 4.79 Å². The summed E-state index contributed by atoms with van der Waals surface area (Å²) in [6.07, 6.45) is -0.905. The standard InChI is InChI=1S/C16H14ClN3O5/c1-10(25-14-5-3-2-4-13(14)17)15(21)18-19-16(22)11-6-8-12(9-7-11)20(23)24/h2-10H,1H3,(H,18,21)(H,19,22). The fourth-order valence-electron chi connectivity index (χ4n) is 1.81. The minimum Gasteiger partial charge on any atom is -0.479 e. The maximum atomic E-state index is 12.0. The lowest BCUT2D eigenvalue weighted by atomic mass is 10.2. The number of nitrogens with one attached hydrogen (secondary N) is 2. The van der Waals surface area contributed by atoms with Crippen molar-refractivity contribution in [2.24, 2.45) is 0 Å². The topological polar surface area (TPSA) is 111 Å². The Morgan fingerprint density at radius 2 is 1.76 bits per heavy atom. The van der Waals surface area contributed by atoms with Crippen molar-refractivity contribution in [2.75, 3.05) is 0 Å². The molecule has 8 nitrogen and oxygen atoms in total. The quantitative estimate of drug-likeness (QED) is 0.626. The number of carbonyl (C=O) groups excluding carboxylic acids is 2. The molecule has 0 radical (unpaired) electrons. The lowest BCUT2D eigenvalue weighted by molar-refractivity contribution is -0.384. The van der Waals surface area contributed by atoms with Crippen LogP contribution in [0, 0.1) is 10.1 Å². The molecule has 0 spiro atoms. The Morgan fingerprint density at radius 1 is 1.12 bits per heavy atom. The molecule has 2 aromatic carbocycles. The minimum atomic E-state index is -0.905. The van der Waals surface area contributed by atoms with E-state index in [0.717, 1.165) is 0 Å². The summed E-state index contributed by atoms with van der Waals surface area (Å²) in [6.45, 7) is 1.50. The number of para-hydroxylation sites is 1. The lowest BCUT2D eigenvalue weighted by Gasteiger charge is -2.15. The molecule has 0 saturated heterocycles. The van der Waals surface area contributed by atoms with Gasteiger partial charge in [0.2, 0.25) is 0 Å². The number of nitro groups is 1. The molecule has 0 heterocycles. The van der Waals surface area contributed by atoms with Crippen molar-refractivity contribution in [3.05, 3.63) is 69.2 Å². The van der Waals surface area contributed by atoms with Crippen molar-refractivity contribution in [2.45, 2.75) is 13.0 Å². The summed E-state index contributed by atoms with van der Waals surface area (Å²) in [5.74, 6) is -0.864.